The van der Waals surface area contributed by atoms with Crippen LogP contribution in [0.4, 0.5) is 0 Å². The summed E-state index contributed by atoms with van der Waals surface area (Å²) in [7, 11) is 1.85. The van der Waals surface area contributed by atoms with Gasteiger partial charge in [0.15, 0.2) is 0 Å². The van der Waals surface area contributed by atoms with Gasteiger partial charge in [0.1, 0.15) is 0 Å². The fraction of sp³-hybridized carbons (Fsp3) is 0.0909. The standard InChI is InChI=1S/C11H8ClN3/c1-15-7-10(6-14-15)9-2-8(5-13)3-11(12)4-9/h2-4,6-7H,1H3. The third-order valence-corrected chi connectivity index (χ3v) is 2.28. The summed E-state index contributed by atoms with van der Waals surface area (Å²) >= 11 is 5.91. The first-order valence-corrected chi connectivity index (χ1v) is 4.76. The highest BCUT2D eigenvalue weighted by Gasteiger charge is 2.03. The quantitative estimate of drug-likeness (QED) is 0.737. The first-order chi connectivity index (χ1) is 7.19. The molecule has 4 heteroatoms. The number of aromatic nitrogens is 2. The van der Waals surface area contributed by atoms with Gasteiger partial charge >= 0.3 is 0 Å². The molecule has 0 unspecified atom stereocenters. The highest BCUT2D eigenvalue weighted by Crippen LogP contribution is 2.23. The molecule has 0 atom stereocenters. The van der Waals surface area contributed by atoms with Crippen molar-refractivity contribution in [2.24, 2.45) is 7.05 Å². The van der Waals surface area contributed by atoms with Crippen LogP contribution >= 0.6 is 11.6 Å². The van der Waals surface area contributed by atoms with Crippen molar-refractivity contribution in [2.45, 2.75) is 0 Å². The van der Waals surface area contributed by atoms with Crippen LogP contribution in [0.1, 0.15) is 5.56 Å². The first kappa shape index (κ1) is 9.75. The van der Waals surface area contributed by atoms with E-state index in [1.54, 1.807) is 23.0 Å². The monoisotopic (exact) mass is 217 g/mol. The molecule has 15 heavy (non-hydrogen) atoms. The Morgan fingerprint density at radius 3 is 2.73 bits per heavy atom. The maximum atomic E-state index is 8.81. The molecule has 0 spiro atoms. The van der Waals surface area contributed by atoms with Crippen LogP contribution in [0.3, 0.4) is 0 Å². The molecule has 0 aliphatic heterocycles. The Labute approximate surface area is 92.5 Å². The van der Waals surface area contributed by atoms with E-state index in [1.807, 2.05) is 19.3 Å². The van der Waals surface area contributed by atoms with E-state index in [0.717, 1.165) is 11.1 Å². The summed E-state index contributed by atoms with van der Waals surface area (Å²) in [6.45, 7) is 0. The first-order valence-electron chi connectivity index (χ1n) is 4.39. The smallest absolute Gasteiger partial charge is 0.0992 e. The minimum absolute atomic E-state index is 0.557. The molecule has 2 rings (SSSR count). The molecule has 2 aromatic rings. The largest absolute Gasteiger partial charge is 0.275 e. The molecule has 3 nitrogen and oxygen atoms in total. The molecule has 1 aromatic carbocycles. The minimum atomic E-state index is 0.557. The second kappa shape index (κ2) is 3.76. The van der Waals surface area contributed by atoms with E-state index < -0.39 is 0 Å². The molecule has 0 bridgehead atoms. The van der Waals surface area contributed by atoms with Gasteiger partial charge in [-0.05, 0) is 23.8 Å². The summed E-state index contributed by atoms with van der Waals surface area (Å²) in [6.07, 6.45) is 3.62. The summed E-state index contributed by atoms with van der Waals surface area (Å²) in [4.78, 5) is 0. The highest BCUT2D eigenvalue weighted by molar-refractivity contribution is 6.31. The predicted octanol–water partition coefficient (Wildman–Crippen LogP) is 2.61. The number of nitrogens with zero attached hydrogens (tertiary/aromatic N) is 3. The maximum absolute atomic E-state index is 8.81. The van der Waals surface area contributed by atoms with Crippen LogP contribution in [0.25, 0.3) is 11.1 Å². The number of rotatable bonds is 1. The summed E-state index contributed by atoms with van der Waals surface area (Å²) in [5.74, 6) is 0. The Kier molecular flexibility index (Phi) is 2.44. The summed E-state index contributed by atoms with van der Waals surface area (Å²) < 4.78 is 1.71. The zero-order valence-corrected chi connectivity index (χ0v) is 8.86. The molecule has 1 heterocycles. The molecular weight excluding hydrogens is 210 g/mol. The van der Waals surface area contributed by atoms with Gasteiger partial charge in [-0.25, -0.2) is 0 Å². The van der Waals surface area contributed by atoms with Crippen molar-refractivity contribution in [3.63, 3.8) is 0 Å². The average Bonchev–Trinajstić information content (AvgIpc) is 2.64. The molecule has 0 aliphatic carbocycles. The van der Waals surface area contributed by atoms with E-state index in [0.29, 0.717) is 10.6 Å². The molecule has 74 valence electrons. The van der Waals surface area contributed by atoms with Crippen molar-refractivity contribution < 1.29 is 0 Å². The van der Waals surface area contributed by atoms with Gasteiger partial charge in [-0.3, -0.25) is 4.68 Å². The molecule has 0 aliphatic rings. The fourth-order valence-corrected chi connectivity index (χ4v) is 1.63. The Balaban J connectivity index is 2.54. The van der Waals surface area contributed by atoms with Gasteiger partial charge in [-0.15, -0.1) is 0 Å². The van der Waals surface area contributed by atoms with Crippen LogP contribution in [-0.2, 0) is 7.05 Å². The zero-order chi connectivity index (χ0) is 10.8. The Morgan fingerprint density at radius 2 is 2.13 bits per heavy atom. The number of hydrogen-bond donors (Lipinski definition) is 0. The fourth-order valence-electron chi connectivity index (χ4n) is 1.39. The predicted molar refractivity (Wildman–Crippen MR) is 58.4 cm³/mol. The van der Waals surface area contributed by atoms with E-state index in [1.165, 1.54) is 0 Å². The van der Waals surface area contributed by atoms with Crippen molar-refractivity contribution in [1.29, 1.82) is 5.26 Å². The van der Waals surface area contributed by atoms with E-state index in [4.69, 9.17) is 16.9 Å². The lowest BCUT2D eigenvalue weighted by Crippen LogP contribution is -1.84. The molecular formula is C11H8ClN3. The molecule has 0 radical (unpaired) electrons. The normalized spacial score (nSPS) is 9.93. The lowest BCUT2D eigenvalue weighted by atomic mass is 10.1. The van der Waals surface area contributed by atoms with Crippen molar-refractivity contribution >= 4 is 11.6 Å². The van der Waals surface area contributed by atoms with Gasteiger partial charge in [-0.1, -0.05) is 11.6 Å². The Morgan fingerprint density at radius 1 is 1.33 bits per heavy atom. The Hall–Kier alpha value is -1.79. The summed E-state index contributed by atoms with van der Waals surface area (Å²) in [5, 5.41) is 13.4. The van der Waals surface area contributed by atoms with Crippen LogP contribution in [0.2, 0.25) is 5.02 Å². The lowest BCUT2D eigenvalue weighted by molar-refractivity contribution is 0.768. The second-order valence-electron chi connectivity index (χ2n) is 3.24. The molecule has 0 saturated heterocycles. The van der Waals surface area contributed by atoms with Gasteiger partial charge < -0.3 is 0 Å². The summed E-state index contributed by atoms with van der Waals surface area (Å²) in [6, 6.07) is 7.33. The van der Waals surface area contributed by atoms with E-state index >= 15 is 0 Å². The molecule has 0 amide bonds. The third-order valence-electron chi connectivity index (χ3n) is 2.07. The van der Waals surface area contributed by atoms with Gasteiger partial charge in [-0.2, -0.15) is 10.4 Å². The van der Waals surface area contributed by atoms with Crippen LogP contribution in [0.5, 0.6) is 0 Å². The number of nitriles is 1. The van der Waals surface area contributed by atoms with Crippen molar-refractivity contribution in [3.05, 3.63) is 41.2 Å². The number of aryl methyl sites for hydroxylation is 1. The SMILES string of the molecule is Cn1cc(-c2cc(Cl)cc(C#N)c2)cn1. The average molecular weight is 218 g/mol. The maximum Gasteiger partial charge on any atom is 0.0992 e. The molecule has 0 saturated carbocycles. The number of halogens is 1. The van der Waals surface area contributed by atoms with Crippen molar-refractivity contribution in [1.82, 2.24) is 9.78 Å². The van der Waals surface area contributed by atoms with Crippen LogP contribution in [0, 0.1) is 11.3 Å². The van der Waals surface area contributed by atoms with Crippen LogP contribution in [-0.4, -0.2) is 9.78 Å². The minimum Gasteiger partial charge on any atom is -0.275 e. The van der Waals surface area contributed by atoms with Crippen LogP contribution in [0.15, 0.2) is 30.6 Å². The third kappa shape index (κ3) is 2.00. The number of benzene rings is 1. The van der Waals surface area contributed by atoms with Crippen LogP contribution < -0.4 is 0 Å². The Bertz CT molecular complexity index is 537. The van der Waals surface area contributed by atoms with E-state index in [-0.39, 0.29) is 0 Å². The zero-order valence-electron chi connectivity index (χ0n) is 8.11. The van der Waals surface area contributed by atoms with Gasteiger partial charge in [0, 0.05) is 23.8 Å². The van der Waals surface area contributed by atoms with Gasteiger partial charge in [0.25, 0.3) is 0 Å². The van der Waals surface area contributed by atoms with E-state index in [9.17, 15) is 0 Å². The van der Waals surface area contributed by atoms with Gasteiger partial charge in [0.05, 0.1) is 17.8 Å². The summed E-state index contributed by atoms with van der Waals surface area (Å²) in [5.41, 5.74) is 2.42. The number of hydrogen-bond acceptors (Lipinski definition) is 2. The molecule has 0 N–H and O–H groups in total. The highest BCUT2D eigenvalue weighted by atomic mass is 35.5. The molecule has 0 fully saturated rings. The van der Waals surface area contributed by atoms with Crippen molar-refractivity contribution in [3.8, 4) is 17.2 Å². The second-order valence-corrected chi connectivity index (χ2v) is 3.68. The van der Waals surface area contributed by atoms with E-state index in [2.05, 4.69) is 11.2 Å². The van der Waals surface area contributed by atoms with Crippen molar-refractivity contribution in [2.75, 3.05) is 0 Å². The lowest BCUT2D eigenvalue weighted by Gasteiger charge is -1.99. The van der Waals surface area contributed by atoms with Gasteiger partial charge in [0.2, 0.25) is 0 Å². The topological polar surface area (TPSA) is 41.6 Å². The molecule has 1 aromatic heterocycles.